The van der Waals surface area contributed by atoms with E-state index in [2.05, 4.69) is 0 Å². The number of likely N-dealkylation sites (N-methyl/N-ethyl adjacent to an activating group) is 1. The number of nitrogens with zero attached hydrogens (tertiary/aromatic N) is 1. The van der Waals surface area contributed by atoms with Crippen molar-refractivity contribution in [2.24, 2.45) is 0 Å². The van der Waals surface area contributed by atoms with Gasteiger partial charge in [0.25, 0.3) is 0 Å². The molecular weight excluding hydrogens is 262 g/mol. The summed E-state index contributed by atoms with van der Waals surface area (Å²) in [6, 6.07) is 5.42. The molecule has 0 spiro atoms. The van der Waals surface area contributed by atoms with Crippen LogP contribution >= 0.6 is 0 Å². The van der Waals surface area contributed by atoms with Crippen molar-refractivity contribution >= 4 is 5.97 Å². The molecular formula is C14H21NO5. The van der Waals surface area contributed by atoms with Crippen LogP contribution in [-0.4, -0.2) is 56.9 Å². The molecule has 0 saturated heterocycles. The highest BCUT2D eigenvalue weighted by atomic mass is 16.5. The molecule has 0 saturated carbocycles. The first kappa shape index (κ1) is 16.1. The number of carbonyl (C=O) groups is 1. The molecule has 0 fully saturated rings. The van der Waals surface area contributed by atoms with Crippen LogP contribution in [0.2, 0.25) is 0 Å². The van der Waals surface area contributed by atoms with Crippen LogP contribution in [0.15, 0.2) is 18.2 Å². The fourth-order valence-electron chi connectivity index (χ4n) is 1.66. The number of rotatable bonds is 9. The van der Waals surface area contributed by atoms with E-state index in [0.717, 1.165) is 0 Å². The molecule has 112 valence electrons. The summed E-state index contributed by atoms with van der Waals surface area (Å²) >= 11 is 0. The van der Waals surface area contributed by atoms with Gasteiger partial charge < -0.3 is 24.2 Å². The average Bonchev–Trinajstić information content (AvgIpc) is 2.45. The van der Waals surface area contributed by atoms with E-state index >= 15 is 0 Å². The smallest absolute Gasteiger partial charge is 0.304 e. The molecule has 20 heavy (non-hydrogen) atoms. The van der Waals surface area contributed by atoms with Crippen molar-refractivity contribution in [3.63, 3.8) is 0 Å². The Bertz CT molecular complexity index is 413. The normalized spacial score (nSPS) is 10.4. The summed E-state index contributed by atoms with van der Waals surface area (Å²) in [5, 5.41) is 8.61. The van der Waals surface area contributed by atoms with Gasteiger partial charge >= 0.3 is 5.97 Å². The van der Waals surface area contributed by atoms with Crippen LogP contribution in [0, 0.1) is 0 Å². The number of ether oxygens (including phenoxy) is 3. The van der Waals surface area contributed by atoms with Gasteiger partial charge in [-0.05, 0) is 19.2 Å². The first-order valence-electron chi connectivity index (χ1n) is 6.32. The van der Waals surface area contributed by atoms with Crippen molar-refractivity contribution in [1.82, 2.24) is 4.90 Å². The summed E-state index contributed by atoms with van der Waals surface area (Å²) in [6.07, 6.45) is 0.120. The standard InChI is InChI=1S/C14H21NO5/c1-15(8-7-13(16)17)9-10-20-14-11(18-2)5-4-6-12(14)19-3/h4-6H,7-10H2,1-3H3,(H,16,17). The van der Waals surface area contributed by atoms with E-state index in [0.29, 0.717) is 36.9 Å². The molecule has 1 aromatic carbocycles. The highest BCUT2D eigenvalue weighted by Gasteiger charge is 2.11. The number of para-hydroxylation sites is 1. The second-order valence-electron chi connectivity index (χ2n) is 4.29. The van der Waals surface area contributed by atoms with Crippen molar-refractivity contribution in [3.8, 4) is 17.2 Å². The fraction of sp³-hybridized carbons (Fsp3) is 0.500. The van der Waals surface area contributed by atoms with Gasteiger partial charge in [0.05, 0.1) is 20.6 Å². The number of carboxylic acids is 1. The van der Waals surface area contributed by atoms with Gasteiger partial charge in [0.2, 0.25) is 5.75 Å². The molecule has 0 aromatic heterocycles. The van der Waals surface area contributed by atoms with Crippen molar-refractivity contribution in [2.45, 2.75) is 6.42 Å². The van der Waals surface area contributed by atoms with Gasteiger partial charge in [-0.3, -0.25) is 4.79 Å². The van der Waals surface area contributed by atoms with Gasteiger partial charge in [-0.2, -0.15) is 0 Å². The van der Waals surface area contributed by atoms with E-state index in [1.54, 1.807) is 26.4 Å². The zero-order chi connectivity index (χ0) is 15.0. The largest absolute Gasteiger partial charge is 0.493 e. The quantitative estimate of drug-likeness (QED) is 0.740. The topological polar surface area (TPSA) is 68.2 Å². The van der Waals surface area contributed by atoms with Crippen LogP contribution in [0.5, 0.6) is 17.2 Å². The molecule has 6 heteroatoms. The van der Waals surface area contributed by atoms with E-state index in [1.165, 1.54) is 0 Å². The summed E-state index contributed by atoms with van der Waals surface area (Å²) in [7, 11) is 4.99. The Hall–Kier alpha value is -1.95. The van der Waals surface area contributed by atoms with Crippen LogP contribution in [0.4, 0.5) is 0 Å². The Balaban J connectivity index is 2.51. The Morgan fingerprint density at radius 3 is 2.30 bits per heavy atom. The van der Waals surface area contributed by atoms with Gasteiger partial charge in [0.1, 0.15) is 6.61 Å². The minimum Gasteiger partial charge on any atom is -0.493 e. The predicted octanol–water partition coefficient (Wildman–Crippen LogP) is 1.49. The molecule has 1 rings (SSSR count). The van der Waals surface area contributed by atoms with Crippen LogP contribution in [0.3, 0.4) is 0 Å². The lowest BCUT2D eigenvalue weighted by Crippen LogP contribution is -2.26. The summed E-state index contributed by atoms with van der Waals surface area (Å²) < 4.78 is 16.1. The third kappa shape index (κ3) is 4.97. The Labute approximate surface area is 118 Å². The minimum absolute atomic E-state index is 0.120. The van der Waals surface area contributed by atoms with Gasteiger partial charge in [-0.15, -0.1) is 0 Å². The molecule has 0 unspecified atom stereocenters. The molecule has 0 heterocycles. The SMILES string of the molecule is COc1cccc(OC)c1OCCN(C)CCC(=O)O. The van der Waals surface area contributed by atoms with E-state index in [-0.39, 0.29) is 6.42 Å². The molecule has 0 amide bonds. The second-order valence-corrected chi connectivity index (χ2v) is 4.29. The van der Waals surface area contributed by atoms with Crippen molar-refractivity contribution < 1.29 is 24.1 Å². The minimum atomic E-state index is -0.802. The third-order valence-corrected chi connectivity index (χ3v) is 2.81. The Morgan fingerprint density at radius 2 is 1.80 bits per heavy atom. The Kier molecular flexibility index (Phi) is 6.66. The maximum absolute atomic E-state index is 10.5. The van der Waals surface area contributed by atoms with Crippen LogP contribution in [0.25, 0.3) is 0 Å². The zero-order valence-corrected chi connectivity index (χ0v) is 12.1. The number of methoxy groups -OCH3 is 2. The number of aliphatic carboxylic acids is 1. The molecule has 0 aliphatic carbocycles. The predicted molar refractivity (Wildman–Crippen MR) is 74.8 cm³/mol. The van der Waals surface area contributed by atoms with Gasteiger partial charge in [-0.1, -0.05) is 6.07 Å². The summed E-state index contributed by atoms with van der Waals surface area (Å²) in [5.41, 5.74) is 0. The summed E-state index contributed by atoms with van der Waals surface area (Å²) in [5.74, 6) is 0.975. The van der Waals surface area contributed by atoms with E-state index < -0.39 is 5.97 Å². The van der Waals surface area contributed by atoms with E-state index in [9.17, 15) is 4.79 Å². The molecule has 0 radical (unpaired) electrons. The molecule has 0 aliphatic heterocycles. The third-order valence-electron chi connectivity index (χ3n) is 2.81. The number of hydrogen-bond acceptors (Lipinski definition) is 5. The highest BCUT2D eigenvalue weighted by molar-refractivity contribution is 5.66. The Morgan fingerprint density at radius 1 is 1.20 bits per heavy atom. The number of hydrogen-bond donors (Lipinski definition) is 1. The monoisotopic (exact) mass is 283 g/mol. The maximum Gasteiger partial charge on any atom is 0.304 e. The summed E-state index contributed by atoms with van der Waals surface area (Å²) in [6.45, 7) is 1.53. The molecule has 0 aliphatic rings. The zero-order valence-electron chi connectivity index (χ0n) is 12.1. The first-order valence-corrected chi connectivity index (χ1v) is 6.32. The lowest BCUT2D eigenvalue weighted by molar-refractivity contribution is -0.137. The van der Waals surface area contributed by atoms with Crippen LogP contribution < -0.4 is 14.2 Å². The van der Waals surface area contributed by atoms with Gasteiger partial charge in [-0.25, -0.2) is 0 Å². The number of benzene rings is 1. The number of carboxylic acid groups (broad SMARTS) is 1. The van der Waals surface area contributed by atoms with Crippen LogP contribution in [0.1, 0.15) is 6.42 Å². The molecule has 1 N–H and O–H groups in total. The second kappa shape index (κ2) is 8.27. The average molecular weight is 283 g/mol. The van der Waals surface area contributed by atoms with Crippen LogP contribution in [-0.2, 0) is 4.79 Å². The fourth-order valence-corrected chi connectivity index (χ4v) is 1.66. The van der Waals surface area contributed by atoms with Crippen molar-refractivity contribution in [2.75, 3.05) is 41.0 Å². The van der Waals surface area contributed by atoms with Gasteiger partial charge in [0.15, 0.2) is 11.5 Å². The van der Waals surface area contributed by atoms with Crippen molar-refractivity contribution in [3.05, 3.63) is 18.2 Å². The highest BCUT2D eigenvalue weighted by Crippen LogP contribution is 2.36. The van der Waals surface area contributed by atoms with Crippen molar-refractivity contribution in [1.29, 1.82) is 0 Å². The lowest BCUT2D eigenvalue weighted by Gasteiger charge is -2.18. The molecule has 1 aromatic rings. The maximum atomic E-state index is 10.5. The summed E-state index contributed by atoms with van der Waals surface area (Å²) in [4.78, 5) is 12.4. The molecule has 0 atom stereocenters. The van der Waals surface area contributed by atoms with E-state index in [1.807, 2.05) is 18.0 Å². The van der Waals surface area contributed by atoms with Gasteiger partial charge in [0, 0.05) is 13.1 Å². The molecule has 6 nitrogen and oxygen atoms in total. The first-order chi connectivity index (χ1) is 9.58. The lowest BCUT2D eigenvalue weighted by atomic mass is 10.3. The molecule has 0 bridgehead atoms. The van der Waals surface area contributed by atoms with E-state index in [4.69, 9.17) is 19.3 Å².